The average Bonchev–Trinajstić information content (AvgIpc) is 2.99. The molecule has 1 amide bonds. The molecule has 0 bridgehead atoms. The van der Waals surface area contributed by atoms with E-state index in [0.29, 0.717) is 5.13 Å². The summed E-state index contributed by atoms with van der Waals surface area (Å²) in [4.78, 5) is 32.5. The number of fused-ring (bicyclic) bond motifs is 1. The number of hydrogen-bond acceptors (Lipinski definition) is 5. The minimum absolute atomic E-state index is 0.102. The second kappa shape index (κ2) is 5.01. The zero-order chi connectivity index (χ0) is 14.1. The molecule has 7 heteroatoms. The lowest BCUT2D eigenvalue weighted by atomic mass is 10.2. The number of hydrogen-bond donors (Lipinski definition) is 2. The molecule has 6 nitrogen and oxygen atoms in total. The lowest BCUT2D eigenvalue weighted by molar-refractivity contribution is 0.0691. The van der Waals surface area contributed by atoms with Crippen LogP contribution in [0.1, 0.15) is 37.8 Å². The number of carbonyl (C=O) groups excluding carboxylic acids is 1. The highest BCUT2D eigenvalue weighted by atomic mass is 32.1. The molecule has 0 saturated heterocycles. The summed E-state index contributed by atoms with van der Waals surface area (Å²) in [6.07, 6.45) is 4.42. The van der Waals surface area contributed by atoms with E-state index in [1.807, 2.05) is 0 Å². The maximum atomic E-state index is 12.1. The van der Waals surface area contributed by atoms with Crippen LogP contribution in [-0.4, -0.2) is 27.0 Å². The summed E-state index contributed by atoms with van der Waals surface area (Å²) in [5.74, 6) is -1.72. The number of nitrogens with one attached hydrogen (secondary N) is 1. The van der Waals surface area contributed by atoms with Crippen LogP contribution in [0.5, 0.6) is 0 Å². The lowest BCUT2D eigenvalue weighted by Gasteiger charge is -2.04. The van der Waals surface area contributed by atoms with Gasteiger partial charge in [-0.25, -0.2) is 9.78 Å². The van der Waals surface area contributed by atoms with Crippen molar-refractivity contribution in [2.24, 2.45) is 0 Å². The number of carbonyl (C=O) groups is 2. The number of carboxylic acid groups (broad SMARTS) is 1. The van der Waals surface area contributed by atoms with Crippen LogP contribution in [0, 0.1) is 0 Å². The van der Waals surface area contributed by atoms with E-state index in [4.69, 9.17) is 5.11 Å². The number of aromatic nitrogens is 2. The molecule has 2 aromatic rings. The fourth-order valence-electron chi connectivity index (χ4n) is 2.16. The zero-order valence-electron chi connectivity index (χ0n) is 10.4. The molecular weight excluding hydrogens is 278 g/mol. The van der Waals surface area contributed by atoms with E-state index in [0.717, 1.165) is 25.0 Å². The second-order valence-electron chi connectivity index (χ2n) is 4.40. The molecule has 0 unspecified atom stereocenters. The fraction of sp³-hybridized carbons (Fsp3) is 0.231. The minimum atomic E-state index is -1.18. The average molecular weight is 289 g/mol. The van der Waals surface area contributed by atoms with Crippen molar-refractivity contribution >= 4 is 28.3 Å². The Balaban J connectivity index is 1.84. The second-order valence-corrected chi connectivity index (χ2v) is 5.48. The maximum Gasteiger partial charge on any atom is 0.338 e. The Morgan fingerprint density at radius 3 is 2.95 bits per heavy atom. The molecule has 0 aliphatic heterocycles. The summed E-state index contributed by atoms with van der Waals surface area (Å²) < 4.78 is 0. The van der Waals surface area contributed by atoms with Crippen LogP contribution in [-0.2, 0) is 12.8 Å². The molecular formula is C13H11N3O3S. The summed E-state index contributed by atoms with van der Waals surface area (Å²) in [5, 5.41) is 12.2. The van der Waals surface area contributed by atoms with Crippen molar-refractivity contribution in [3.05, 3.63) is 40.2 Å². The number of thiazole rings is 1. The van der Waals surface area contributed by atoms with Gasteiger partial charge in [-0.05, 0) is 31.4 Å². The van der Waals surface area contributed by atoms with Crippen LogP contribution in [0.15, 0.2) is 18.3 Å². The molecule has 0 atom stereocenters. The van der Waals surface area contributed by atoms with Crippen molar-refractivity contribution in [1.82, 2.24) is 9.97 Å². The van der Waals surface area contributed by atoms with Crippen LogP contribution in [0.25, 0.3) is 0 Å². The smallest absolute Gasteiger partial charge is 0.338 e. The molecule has 0 saturated carbocycles. The van der Waals surface area contributed by atoms with Crippen LogP contribution in [0.4, 0.5) is 5.13 Å². The summed E-state index contributed by atoms with van der Waals surface area (Å²) in [5.41, 5.74) is 0.814. The van der Waals surface area contributed by atoms with Crippen molar-refractivity contribution in [1.29, 1.82) is 0 Å². The van der Waals surface area contributed by atoms with Gasteiger partial charge in [0.2, 0.25) is 0 Å². The molecule has 2 heterocycles. The van der Waals surface area contributed by atoms with Gasteiger partial charge >= 0.3 is 5.97 Å². The van der Waals surface area contributed by atoms with Gasteiger partial charge in [0.15, 0.2) is 5.13 Å². The molecule has 0 radical (unpaired) electrons. The van der Waals surface area contributed by atoms with Crippen molar-refractivity contribution < 1.29 is 14.7 Å². The van der Waals surface area contributed by atoms with Gasteiger partial charge in [-0.3, -0.25) is 15.1 Å². The van der Waals surface area contributed by atoms with E-state index in [1.54, 1.807) is 0 Å². The molecule has 1 aliphatic carbocycles. The molecule has 3 rings (SSSR count). The van der Waals surface area contributed by atoms with Gasteiger partial charge in [0.25, 0.3) is 5.91 Å². The predicted octanol–water partition coefficient (Wildman–Crippen LogP) is 1.98. The van der Waals surface area contributed by atoms with Gasteiger partial charge in [0.05, 0.1) is 11.3 Å². The third-order valence-corrected chi connectivity index (χ3v) is 4.14. The first-order valence-electron chi connectivity index (χ1n) is 6.13. The van der Waals surface area contributed by atoms with Gasteiger partial charge < -0.3 is 5.11 Å². The van der Waals surface area contributed by atoms with E-state index in [-0.39, 0.29) is 11.3 Å². The molecule has 2 aromatic heterocycles. The first kappa shape index (κ1) is 12.7. The van der Waals surface area contributed by atoms with Crippen molar-refractivity contribution in [2.45, 2.75) is 19.3 Å². The van der Waals surface area contributed by atoms with E-state index in [1.165, 1.54) is 34.5 Å². The molecule has 2 N–H and O–H groups in total. The van der Waals surface area contributed by atoms with Gasteiger partial charge in [0, 0.05) is 11.1 Å². The predicted molar refractivity (Wildman–Crippen MR) is 73.3 cm³/mol. The van der Waals surface area contributed by atoms with E-state index >= 15 is 0 Å². The molecule has 0 fully saturated rings. The largest absolute Gasteiger partial charge is 0.478 e. The minimum Gasteiger partial charge on any atom is -0.478 e. The quantitative estimate of drug-likeness (QED) is 0.901. The summed E-state index contributed by atoms with van der Waals surface area (Å²) >= 11 is 1.44. The molecule has 102 valence electrons. The highest BCUT2D eigenvalue weighted by Gasteiger charge is 2.21. The normalized spacial score (nSPS) is 13.0. The number of nitrogens with zero attached hydrogens (tertiary/aromatic N) is 2. The third kappa shape index (κ3) is 2.27. The number of anilines is 1. The molecule has 0 aromatic carbocycles. The fourth-order valence-corrected chi connectivity index (χ4v) is 3.20. The molecule has 20 heavy (non-hydrogen) atoms. The molecule has 1 aliphatic rings. The van der Waals surface area contributed by atoms with Gasteiger partial charge in [-0.15, -0.1) is 11.3 Å². The first-order valence-corrected chi connectivity index (χ1v) is 6.95. The monoisotopic (exact) mass is 289 g/mol. The third-order valence-electron chi connectivity index (χ3n) is 3.07. The number of amides is 1. The van der Waals surface area contributed by atoms with Crippen LogP contribution < -0.4 is 5.32 Å². The highest BCUT2D eigenvalue weighted by Crippen LogP contribution is 2.30. The van der Waals surface area contributed by atoms with Gasteiger partial charge in [-0.2, -0.15) is 0 Å². The SMILES string of the molecule is O=C(O)c1cccnc1C(=O)Nc1nc2c(s1)CCC2. The Hall–Kier alpha value is -2.28. The summed E-state index contributed by atoms with van der Waals surface area (Å²) in [7, 11) is 0. The Bertz CT molecular complexity index is 674. The van der Waals surface area contributed by atoms with Crippen LogP contribution in [0.3, 0.4) is 0 Å². The van der Waals surface area contributed by atoms with Gasteiger partial charge in [-0.1, -0.05) is 0 Å². The highest BCUT2D eigenvalue weighted by molar-refractivity contribution is 7.16. The summed E-state index contributed by atoms with van der Waals surface area (Å²) in [6, 6.07) is 2.84. The van der Waals surface area contributed by atoms with E-state index in [9.17, 15) is 9.59 Å². The summed E-state index contributed by atoms with van der Waals surface area (Å²) in [6.45, 7) is 0. The number of carboxylic acids is 1. The number of rotatable bonds is 3. The first-order chi connectivity index (χ1) is 9.65. The zero-order valence-corrected chi connectivity index (χ0v) is 11.2. The Morgan fingerprint density at radius 2 is 2.20 bits per heavy atom. The number of pyridine rings is 1. The number of aryl methyl sites for hydroxylation is 2. The Labute approximate surface area is 118 Å². The van der Waals surface area contributed by atoms with Crippen LogP contribution >= 0.6 is 11.3 Å². The molecule has 0 spiro atoms. The Kier molecular flexibility index (Phi) is 3.19. The number of aromatic carboxylic acids is 1. The Morgan fingerprint density at radius 1 is 1.35 bits per heavy atom. The van der Waals surface area contributed by atoms with Gasteiger partial charge in [0.1, 0.15) is 5.69 Å². The lowest BCUT2D eigenvalue weighted by Crippen LogP contribution is -2.18. The standard InChI is InChI=1S/C13H11N3O3S/c17-11(10-7(12(18)19)3-2-6-14-10)16-13-15-8-4-1-5-9(8)20-13/h2-3,6H,1,4-5H2,(H,18,19)(H,15,16,17). The van der Waals surface area contributed by atoms with Crippen LogP contribution in [0.2, 0.25) is 0 Å². The van der Waals surface area contributed by atoms with E-state index in [2.05, 4.69) is 15.3 Å². The topological polar surface area (TPSA) is 92.2 Å². The maximum absolute atomic E-state index is 12.1. The van der Waals surface area contributed by atoms with Crippen molar-refractivity contribution in [3.8, 4) is 0 Å². The van der Waals surface area contributed by atoms with Crippen molar-refractivity contribution in [2.75, 3.05) is 5.32 Å². The van der Waals surface area contributed by atoms with E-state index < -0.39 is 11.9 Å². The van der Waals surface area contributed by atoms with Crippen molar-refractivity contribution in [3.63, 3.8) is 0 Å².